The highest BCUT2D eigenvalue weighted by Crippen LogP contribution is 2.30. The molecule has 0 aliphatic carbocycles. The Bertz CT molecular complexity index is 812. The van der Waals surface area contributed by atoms with E-state index in [1.807, 2.05) is 45.3 Å². The zero-order valence-corrected chi connectivity index (χ0v) is 21.1. The molecule has 0 radical (unpaired) electrons. The lowest BCUT2D eigenvalue weighted by Crippen LogP contribution is -2.39. The predicted octanol–water partition coefficient (Wildman–Crippen LogP) is 4.19. The molecule has 0 saturated carbocycles. The SMILES string of the molecule is CCNC(=NCC(c1ccc(OC)cc1)N(C)C)NCCc1nc(C(F)(F)F)cs1.I. The van der Waals surface area contributed by atoms with Crippen molar-refractivity contribution in [2.75, 3.05) is 40.8 Å². The van der Waals surface area contributed by atoms with Gasteiger partial charge in [-0.15, -0.1) is 35.3 Å². The molecule has 6 nitrogen and oxygen atoms in total. The molecule has 1 unspecified atom stereocenters. The summed E-state index contributed by atoms with van der Waals surface area (Å²) in [5.41, 5.74) is 0.277. The van der Waals surface area contributed by atoms with Gasteiger partial charge in [-0.3, -0.25) is 4.99 Å². The Morgan fingerprint density at radius 1 is 1.23 bits per heavy atom. The van der Waals surface area contributed by atoms with Crippen LogP contribution in [0.4, 0.5) is 13.2 Å². The summed E-state index contributed by atoms with van der Waals surface area (Å²) in [7, 11) is 5.61. The number of thiazole rings is 1. The fourth-order valence-electron chi connectivity index (χ4n) is 2.76. The Morgan fingerprint density at radius 3 is 2.42 bits per heavy atom. The molecule has 1 aromatic carbocycles. The molecule has 0 amide bonds. The highest BCUT2D eigenvalue weighted by atomic mass is 127. The summed E-state index contributed by atoms with van der Waals surface area (Å²) in [6.07, 6.45) is -4.01. The predicted molar refractivity (Wildman–Crippen MR) is 130 cm³/mol. The second kappa shape index (κ2) is 13.1. The van der Waals surface area contributed by atoms with Crippen molar-refractivity contribution in [1.29, 1.82) is 0 Å². The molecular formula is C20H29F3IN5OS. The first kappa shape index (κ1) is 27.4. The summed E-state index contributed by atoms with van der Waals surface area (Å²) >= 11 is 1.02. The molecule has 0 fully saturated rings. The number of benzene rings is 1. The molecule has 0 aliphatic rings. The van der Waals surface area contributed by atoms with E-state index in [4.69, 9.17) is 4.74 Å². The number of rotatable bonds is 9. The van der Waals surface area contributed by atoms with Crippen LogP contribution >= 0.6 is 35.3 Å². The number of halogens is 4. The summed E-state index contributed by atoms with van der Waals surface area (Å²) < 4.78 is 43.2. The van der Waals surface area contributed by atoms with Crippen LogP contribution in [0.25, 0.3) is 0 Å². The van der Waals surface area contributed by atoms with E-state index in [0.717, 1.165) is 28.0 Å². The lowest BCUT2D eigenvalue weighted by atomic mass is 10.1. The first-order chi connectivity index (χ1) is 14.2. The van der Waals surface area contributed by atoms with Gasteiger partial charge >= 0.3 is 6.18 Å². The van der Waals surface area contributed by atoms with Crippen molar-refractivity contribution in [1.82, 2.24) is 20.5 Å². The number of nitrogens with one attached hydrogen (secondary N) is 2. The van der Waals surface area contributed by atoms with Crippen LogP contribution in [0.5, 0.6) is 5.75 Å². The fourth-order valence-corrected chi connectivity index (χ4v) is 3.56. The van der Waals surface area contributed by atoms with Crippen LogP contribution in [0.1, 0.15) is 29.2 Å². The Labute approximate surface area is 202 Å². The van der Waals surface area contributed by atoms with Gasteiger partial charge in [0, 0.05) is 24.9 Å². The number of nitrogens with zero attached hydrogens (tertiary/aromatic N) is 3. The van der Waals surface area contributed by atoms with Crippen molar-refractivity contribution in [2.45, 2.75) is 25.6 Å². The van der Waals surface area contributed by atoms with E-state index in [2.05, 4.69) is 25.5 Å². The van der Waals surface area contributed by atoms with Gasteiger partial charge in [0.05, 0.1) is 24.7 Å². The zero-order chi connectivity index (χ0) is 22.1. The van der Waals surface area contributed by atoms with Gasteiger partial charge in [0.1, 0.15) is 5.75 Å². The van der Waals surface area contributed by atoms with Crippen molar-refractivity contribution in [2.24, 2.45) is 4.99 Å². The third kappa shape index (κ3) is 8.81. The van der Waals surface area contributed by atoms with Gasteiger partial charge in [-0.25, -0.2) is 4.98 Å². The van der Waals surface area contributed by atoms with E-state index in [-0.39, 0.29) is 30.0 Å². The maximum atomic E-state index is 12.7. The van der Waals surface area contributed by atoms with Crippen LogP contribution in [0.2, 0.25) is 0 Å². The van der Waals surface area contributed by atoms with Gasteiger partial charge in [0.2, 0.25) is 0 Å². The minimum atomic E-state index is -4.40. The van der Waals surface area contributed by atoms with E-state index >= 15 is 0 Å². The monoisotopic (exact) mass is 571 g/mol. The smallest absolute Gasteiger partial charge is 0.434 e. The topological polar surface area (TPSA) is 61.8 Å². The minimum absolute atomic E-state index is 0. The lowest BCUT2D eigenvalue weighted by molar-refractivity contribution is -0.140. The van der Waals surface area contributed by atoms with E-state index in [1.165, 1.54) is 0 Å². The summed E-state index contributed by atoms with van der Waals surface area (Å²) in [6, 6.07) is 7.93. The highest BCUT2D eigenvalue weighted by Gasteiger charge is 2.33. The van der Waals surface area contributed by atoms with E-state index in [0.29, 0.717) is 37.0 Å². The largest absolute Gasteiger partial charge is 0.497 e. The van der Waals surface area contributed by atoms with Crippen LogP contribution < -0.4 is 15.4 Å². The number of methoxy groups -OCH3 is 1. The number of guanidine groups is 1. The molecule has 1 aromatic heterocycles. The molecule has 31 heavy (non-hydrogen) atoms. The van der Waals surface area contributed by atoms with E-state index in [9.17, 15) is 13.2 Å². The second-order valence-corrected chi connectivity index (χ2v) is 7.72. The number of alkyl halides is 3. The van der Waals surface area contributed by atoms with Crippen molar-refractivity contribution in [3.05, 3.63) is 45.9 Å². The molecule has 0 aliphatic heterocycles. The third-order valence-corrected chi connectivity index (χ3v) is 5.27. The number of hydrogen-bond acceptors (Lipinski definition) is 5. The molecule has 2 rings (SSSR count). The molecular weight excluding hydrogens is 542 g/mol. The molecule has 0 saturated heterocycles. The van der Waals surface area contributed by atoms with Crippen LogP contribution in [-0.4, -0.2) is 56.7 Å². The first-order valence-corrected chi connectivity index (χ1v) is 10.5. The van der Waals surface area contributed by atoms with Crippen LogP contribution in [0, 0.1) is 0 Å². The Hall–Kier alpha value is -1.60. The Kier molecular flexibility index (Phi) is 11.6. The Morgan fingerprint density at radius 2 is 1.90 bits per heavy atom. The summed E-state index contributed by atoms with van der Waals surface area (Å²) in [6.45, 7) is 3.59. The lowest BCUT2D eigenvalue weighted by Gasteiger charge is -2.24. The molecule has 11 heteroatoms. The number of hydrogen-bond donors (Lipinski definition) is 2. The van der Waals surface area contributed by atoms with E-state index in [1.54, 1.807) is 7.11 Å². The number of likely N-dealkylation sites (N-methyl/N-ethyl adjacent to an activating group) is 1. The van der Waals surface area contributed by atoms with Gasteiger partial charge in [-0.05, 0) is 38.7 Å². The standard InChI is InChI=1S/C20H28F3N5OS.HI/c1-5-24-19(25-11-10-18-27-17(13-30-18)20(21,22)23)26-12-16(28(2)3)14-6-8-15(29-4)9-7-14;/h6-9,13,16H,5,10-12H2,1-4H3,(H2,24,25,26);1H. The molecule has 2 N–H and O–H groups in total. The third-order valence-electron chi connectivity index (χ3n) is 4.36. The minimum Gasteiger partial charge on any atom is -0.497 e. The number of aromatic nitrogens is 1. The van der Waals surface area contributed by atoms with Crippen LogP contribution in [0.15, 0.2) is 34.6 Å². The zero-order valence-electron chi connectivity index (χ0n) is 18.0. The summed E-state index contributed by atoms with van der Waals surface area (Å²) in [4.78, 5) is 10.4. The van der Waals surface area contributed by atoms with Crippen LogP contribution in [0.3, 0.4) is 0 Å². The van der Waals surface area contributed by atoms with Gasteiger partial charge in [-0.2, -0.15) is 13.2 Å². The van der Waals surface area contributed by atoms with Crippen molar-refractivity contribution >= 4 is 41.3 Å². The molecule has 2 aromatic rings. The van der Waals surface area contributed by atoms with Crippen molar-refractivity contribution in [3.63, 3.8) is 0 Å². The van der Waals surface area contributed by atoms with Crippen molar-refractivity contribution < 1.29 is 17.9 Å². The maximum absolute atomic E-state index is 12.7. The second-order valence-electron chi connectivity index (χ2n) is 6.77. The van der Waals surface area contributed by atoms with E-state index < -0.39 is 11.9 Å². The average molecular weight is 571 g/mol. The van der Waals surface area contributed by atoms with Crippen molar-refractivity contribution in [3.8, 4) is 5.75 Å². The normalized spacial score (nSPS) is 13.0. The highest BCUT2D eigenvalue weighted by molar-refractivity contribution is 14.0. The quantitative estimate of drug-likeness (QED) is 0.269. The average Bonchev–Trinajstić information content (AvgIpc) is 3.18. The van der Waals surface area contributed by atoms with Gasteiger partial charge in [0.25, 0.3) is 0 Å². The fraction of sp³-hybridized carbons (Fsp3) is 0.500. The number of aliphatic imine (C=N–C) groups is 1. The molecule has 1 atom stereocenters. The Balaban J connectivity index is 0.00000480. The number of ether oxygens (including phenoxy) is 1. The summed E-state index contributed by atoms with van der Waals surface area (Å²) in [5.74, 6) is 1.41. The maximum Gasteiger partial charge on any atom is 0.434 e. The van der Waals surface area contributed by atoms with Crippen LogP contribution in [-0.2, 0) is 12.6 Å². The van der Waals surface area contributed by atoms with Gasteiger partial charge in [0.15, 0.2) is 11.7 Å². The molecule has 174 valence electrons. The molecule has 0 spiro atoms. The summed E-state index contributed by atoms with van der Waals surface area (Å²) in [5, 5.41) is 7.82. The molecule has 0 bridgehead atoms. The van der Waals surface area contributed by atoms with Gasteiger partial charge in [-0.1, -0.05) is 12.1 Å². The van der Waals surface area contributed by atoms with Gasteiger partial charge < -0.3 is 20.3 Å². The first-order valence-electron chi connectivity index (χ1n) is 9.58. The molecule has 1 heterocycles.